The van der Waals surface area contributed by atoms with E-state index in [9.17, 15) is 0 Å². The van der Waals surface area contributed by atoms with Crippen molar-refractivity contribution in [2.24, 2.45) is 11.5 Å². The first kappa shape index (κ1) is 11.9. The smallest absolute Gasteiger partial charge is 0.0600 e. The van der Waals surface area contributed by atoms with E-state index in [1.54, 1.807) is 14.2 Å². The molecule has 0 atom stereocenters. The fraction of sp³-hybridized carbons (Fsp3) is 1.00. The first-order chi connectivity index (χ1) is 6.65. The van der Waals surface area contributed by atoms with E-state index in [1.807, 2.05) is 0 Å². The molecule has 2 aliphatic carbocycles. The maximum Gasteiger partial charge on any atom is 0.0600 e. The third kappa shape index (κ3) is 3.53. The van der Waals surface area contributed by atoms with Crippen LogP contribution in [-0.2, 0) is 9.47 Å². The molecule has 2 rings (SSSR count). The Labute approximate surface area is 85.9 Å². The molecule has 0 aromatic heterocycles. The van der Waals surface area contributed by atoms with Gasteiger partial charge in [-0.2, -0.15) is 0 Å². The highest BCUT2D eigenvalue weighted by molar-refractivity contribution is 4.82. The second-order valence-corrected chi connectivity index (χ2v) is 4.18. The molecule has 2 fully saturated rings. The molecule has 0 spiro atoms. The molecule has 2 saturated carbocycles. The highest BCUT2D eigenvalue weighted by Crippen LogP contribution is 2.20. The fourth-order valence-corrected chi connectivity index (χ4v) is 1.60. The third-order valence-corrected chi connectivity index (χ3v) is 2.93. The number of nitrogens with two attached hydrogens (primary N) is 2. The summed E-state index contributed by atoms with van der Waals surface area (Å²) in [6, 6.07) is 0.842. The molecule has 4 nitrogen and oxygen atoms in total. The topological polar surface area (TPSA) is 70.5 Å². The number of methoxy groups -OCH3 is 2. The Morgan fingerprint density at radius 1 is 0.786 bits per heavy atom. The van der Waals surface area contributed by atoms with Crippen molar-refractivity contribution in [3.8, 4) is 0 Å². The summed E-state index contributed by atoms with van der Waals surface area (Å²) < 4.78 is 9.95. The van der Waals surface area contributed by atoms with Gasteiger partial charge in [0, 0.05) is 26.3 Å². The van der Waals surface area contributed by atoms with E-state index in [2.05, 4.69) is 0 Å². The monoisotopic (exact) mass is 202 g/mol. The van der Waals surface area contributed by atoms with Crippen molar-refractivity contribution in [3.63, 3.8) is 0 Å². The predicted molar refractivity (Wildman–Crippen MR) is 56.0 cm³/mol. The molecule has 0 aromatic carbocycles. The molecular weight excluding hydrogens is 180 g/mol. The van der Waals surface area contributed by atoms with E-state index in [0.29, 0.717) is 24.3 Å². The van der Waals surface area contributed by atoms with E-state index in [0.717, 1.165) is 25.7 Å². The predicted octanol–water partition coefficient (Wildman–Crippen LogP) is 0.245. The van der Waals surface area contributed by atoms with Crippen LogP contribution in [-0.4, -0.2) is 38.5 Å². The van der Waals surface area contributed by atoms with E-state index < -0.39 is 0 Å². The van der Waals surface area contributed by atoms with Gasteiger partial charge in [-0.25, -0.2) is 0 Å². The molecule has 0 unspecified atom stereocenters. The van der Waals surface area contributed by atoms with Gasteiger partial charge in [-0.05, 0) is 25.7 Å². The molecule has 0 saturated heterocycles. The van der Waals surface area contributed by atoms with Crippen molar-refractivity contribution in [1.29, 1.82) is 0 Å². The van der Waals surface area contributed by atoms with Crippen LogP contribution >= 0.6 is 0 Å². The molecular formula is C10H22N2O2. The van der Waals surface area contributed by atoms with Gasteiger partial charge >= 0.3 is 0 Å². The molecule has 0 radical (unpaired) electrons. The molecule has 2 aliphatic rings. The van der Waals surface area contributed by atoms with Gasteiger partial charge in [-0.15, -0.1) is 0 Å². The lowest BCUT2D eigenvalue weighted by Crippen LogP contribution is -2.40. The van der Waals surface area contributed by atoms with E-state index >= 15 is 0 Å². The van der Waals surface area contributed by atoms with Crippen molar-refractivity contribution in [3.05, 3.63) is 0 Å². The lowest BCUT2D eigenvalue weighted by atomic mass is 9.90. The normalized spacial score (nSPS) is 40.3. The van der Waals surface area contributed by atoms with E-state index in [1.165, 1.54) is 0 Å². The van der Waals surface area contributed by atoms with Gasteiger partial charge in [-0.1, -0.05) is 0 Å². The van der Waals surface area contributed by atoms with Crippen LogP contribution in [0.4, 0.5) is 0 Å². The number of hydrogen-bond acceptors (Lipinski definition) is 4. The Kier molecular flexibility index (Phi) is 4.81. The van der Waals surface area contributed by atoms with Crippen LogP contribution in [0.15, 0.2) is 0 Å². The number of hydrogen-bond donors (Lipinski definition) is 2. The van der Waals surface area contributed by atoms with Crippen LogP contribution in [0.2, 0.25) is 0 Å². The lowest BCUT2D eigenvalue weighted by Gasteiger charge is -2.30. The quantitative estimate of drug-likeness (QED) is 0.673. The minimum atomic E-state index is 0.421. The van der Waals surface area contributed by atoms with Gasteiger partial charge in [0.1, 0.15) is 0 Å². The maximum absolute atomic E-state index is 5.46. The number of rotatable bonds is 2. The Morgan fingerprint density at radius 3 is 1.14 bits per heavy atom. The zero-order chi connectivity index (χ0) is 10.6. The molecule has 0 aliphatic heterocycles. The third-order valence-electron chi connectivity index (χ3n) is 2.93. The molecule has 0 aromatic rings. The molecule has 0 amide bonds. The van der Waals surface area contributed by atoms with Crippen LogP contribution in [0.25, 0.3) is 0 Å². The van der Waals surface area contributed by atoms with E-state index in [-0.39, 0.29) is 0 Å². The van der Waals surface area contributed by atoms with Gasteiger partial charge in [0.15, 0.2) is 0 Å². The zero-order valence-electron chi connectivity index (χ0n) is 9.11. The second kappa shape index (κ2) is 5.66. The van der Waals surface area contributed by atoms with Gasteiger partial charge in [0.2, 0.25) is 0 Å². The summed E-state index contributed by atoms with van der Waals surface area (Å²) in [4.78, 5) is 0. The Hall–Kier alpha value is -0.160. The van der Waals surface area contributed by atoms with Crippen LogP contribution in [0.1, 0.15) is 25.7 Å². The summed E-state index contributed by atoms with van der Waals surface area (Å²) in [7, 11) is 3.47. The molecule has 4 heteroatoms. The van der Waals surface area contributed by atoms with Gasteiger partial charge in [-0.3, -0.25) is 0 Å². The standard InChI is InChI=1S/2C5H11NO/c2*1-7-5-2-4(6)3-5/h2*4-5H,2-3,6H2,1H3. The average molecular weight is 202 g/mol. The van der Waals surface area contributed by atoms with Crippen molar-refractivity contribution in [2.45, 2.75) is 50.0 Å². The van der Waals surface area contributed by atoms with Crippen molar-refractivity contribution in [2.75, 3.05) is 14.2 Å². The summed E-state index contributed by atoms with van der Waals surface area (Å²) in [6.07, 6.45) is 5.14. The van der Waals surface area contributed by atoms with Crippen LogP contribution in [0.3, 0.4) is 0 Å². The highest BCUT2D eigenvalue weighted by Gasteiger charge is 2.25. The summed E-state index contributed by atoms with van der Waals surface area (Å²) in [5.41, 5.74) is 10.9. The van der Waals surface area contributed by atoms with Gasteiger partial charge in [0.25, 0.3) is 0 Å². The highest BCUT2D eigenvalue weighted by atomic mass is 16.5. The first-order valence-electron chi connectivity index (χ1n) is 5.22. The summed E-state index contributed by atoms with van der Waals surface area (Å²) in [5.74, 6) is 0. The largest absolute Gasteiger partial charge is 0.381 e. The van der Waals surface area contributed by atoms with Gasteiger partial charge in [0.05, 0.1) is 12.2 Å². The van der Waals surface area contributed by atoms with Gasteiger partial charge < -0.3 is 20.9 Å². The summed E-state index contributed by atoms with van der Waals surface area (Å²) >= 11 is 0. The fourth-order valence-electron chi connectivity index (χ4n) is 1.60. The average Bonchev–Trinajstić information content (AvgIpc) is 2.08. The van der Waals surface area contributed by atoms with Crippen LogP contribution in [0.5, 0.6) is 0 Å². The molecule has 0 heterocycles. The first-order valence-corrected chi connectivity index (χ1v) is 5.22. The minimum absolute atomic E-state index is 0.421. The molecule has 0 bridgehead atoms. The van der Waals surface area contributed by atoms with Crippen LogP contribution in [0, 0.1) is 0 Å². The Balaban J connectivity index is 0.000000140. The van der Waals surface area contributed by atoms with Crippen molar-refractivity contribution in [1.82, 2.24) is 0 Å². The summed E-state index contributed by atoms with van der Waals surface area (Å²) in [6.45, 7) is 0. The maximum atomic E-state index is 5.46. The molecule has 4 N–H and O–H groups in total. The zero-order valence-corrected chi connectivity index (χ0v) is 9.11. The lowest BCUT2D eigenvalue weighted by molar-refractivity contribution is 0.0277. The van der Waals surface area contributed by atoms with Crippen molar-refractivity contribution >= 4 is 0 Å². The molecule has 84 valence electrons. The Morgan fingerprint density at radius 2 is 1.07 bits per heavy atom. The number of ether oxygens (including phenoxy) is 2. The van der Waals surface area contributed by atoms with Crippen molar-refractivity contribution < 1.29 is 9.47 Å². The SMILES string of the molecule is COC1CC(N)C1.COC1CC(N)C1. The van der Waals surface area contributed by atoms with Crippen LogP contribution < -0.4 is 11.5 Å². The molecule has 14 heavy (non-hydrogen) atoms. The second-order valence-electron chi connectivity index (χ2n) is 4.18. The summed E-state index contributed by atoms with van der Waals surface area (Å²) in [5, 5.41) is 0. The van der Waals surface area contributed by atoms with E-state index in [4.69, 9.17) is 20.9 Å². The minimum Gasteiger partial charge on any atom is -0.381 e. The Bertz CT molecular complexity index is 136.